The van der Waals surface area contributed by atoms with Gasteiger partial charge in [0.1, 0.15) is 17.2 Å². The maximum absolute atomic E-state index is 6.70. The fourth-order valence-electron chi connectivity index (χ4n) is 19.0. The number of ether oxygens (including phenoxy) is 3. The second-order valence-corrected chi connectivity index (χ2v) is 30.0. The van der Waals surface area contributed by atoms with Crippen molar-refractivity contribution >= 4 is 130 Å². The number of hydrogen-bond donors (Lipinski definition) is 0. The average molecular weight is 1270 g/mol. The normalized spacial score (nSPS) is 15.3. The maximum atomic E-state index is 6.70. The molecule has 6 nitrogen and oxygen atoms in total. The van der Waals surface area contributed by atoms with Crippen LogP contribution >= 0.6 is 0 Å². The van der Waals surface area contributed by atoms with Gasteiger partial charge in [-0.2, -0.15) is 13.7 Å². The van der Waals surface area contributed by atoms with Gasteiger partial charge in [-0.15, -0.1) is 0 Å². The topological polar surface area (TPSA) is 39.3 Å². The van der Waals surface area contributed by atoms with Gasteiger partial charge in [0.25, 0.3) is 20.2 Å². The number of benzene rings is 15. The average Bonchev–Trinajstić information content (AvgIpc) is 1.47. The highest BCUT2D eigenvalue weighted by atomic mass is 16.5. The molecule has 6 aliphatic rings. The van der Waals surface area contributed by atoms with Gasteiger partial charge in [-0.05, 0) is 158 Å². The van der Waals surface area contributed by atoms with Gasteiger partial charge in [-0.25, -0.2) is 0 Å². The summed E-state index contributed by atoms with van der Waals surface area (Å²) < 4.78 is 27.1. The summed E-state index contributed by atoms with van der Waals surface area (Å²) in [5.74, 6) is 3.14. The van der Waals surface area contributed by atoms with Gasteiger partial charge in [0.05, 0.1) is 27.5 Å². The van der Waals surface area contributed by atoms with Crippen LogP contribution in [0.1, 0.15) is 74.9 Å². The maximum Gasteiger partial charge on any atom is 0.293 e. The van der Waals surface area contributed by atoms with Gasteiger partial charge >= 0.3 is 0 Å². The first-order chi connectivity index (χ1) is 48.4. The Morgan fingerprint density at radius 3 is 1.21 bits per heavy atom. The van der Waals surface area contributed by atoms with Crippen LogP contribution in [0.3, 0.4) is 0 Å². The third-order valence-corrected chi connectivity index (χ3v) is 23.8. The first-order valence-electron chi connectivity index (χ1n) is 34.9. The molecule has 0 bridgehead atoms. The highest BCUT2D eigenvalue weighted by Gasteiger charge is 2.51. The second kappa shape index (κ2) is 19.3. The van der Waals surface area contributed by atoms with E-state index < -0.39 is 0 Å². The molecule has 24 rings (SSSR count). The molecule has 0 saturated heterocycles. The Morgan fingerprint density at radius 1 is 0.273 bits per heavy atom. The predicted molar refractivity (Wildman–Crippen MR) is 405 cm³/mol. The molecule has 0 unspecified atom stereocenters. The molecule has 0 atom stereocenters. The summed E-state index contributed by atoms with van der Waals surface area (Å²) in [5.41, 5.74) is 18.3. The standard InChI is InChI=1S/3C31H22NO/c1-31(2)24-15-20-13-11-18-7-3-5-9-22(18)26(20)30-27(24)29-25(31)16-21-14-12-19-8-4-6-10-23(19)28(21)32(29)17-33-30;1-31(2)24-15-20-12-11-19-8-4-6-10-22(19)27(20)30-28(24)29-25(31)16-23-21-9-5-3-7-18(21)13-14-26(23)32(29)17-33-30;1-31(2)25-15-21-12-11-18-7-5-6-10-23(18)26(21)30-27(25)29-28(31)24-14-20-9-4-3-8-19(20)13-22(24)16-32(29)17-33-30/h3*3-16H,17H2,1-2H3/q3*+1. The Kier molecular flexibility index (Phi) is 10.8. The van der Waals surface area contributed by atoms with Crippen molar-refractivity contribution in [1.29, 1.82) is 0 Å². The number of nitrogens with zero attached hydrogens (tertiary/aromatic N) is 3. The summed E-state index contributed by atoms with van der Waals surface area (Å²) in [6.45, 7) is 15.8. The molecule has 0 amide bonds. The van der Waals surface area contributed by atoms with Crippen molar-refractivity contribution in [3.8, 4) is 51.0 Å². The highest BCUT2D eigenvalue weighted by Crippen LogP contribution is 2.60. The van der Waals surface area contributed by atoms with Crippen LogP contribution in [-0.4, -0.2) is 0 Å². The van der Waals surface area contributed by atoms with Gasteiger partial charge in [0, 0.05) is 65.9 Å². The summed E-state index contributed by atoms with van der Waals surface area (Å²) in [7, 11) is 0. The van der Waals surface area contributed by atoms with Gasteiger partial charge in [-0.1, -0.05) is 224 Å². The number of hydrogen-bond acceptors (Lipinski definition) is 3. The van der Waals surface area contributed by atoms with Crippen LogP contribution in [0.5, 0.6) is 17.2 Å². The largest absolute Gasteiger partial charge is 0.434 e. The van der Waals surface area contributed by atoms with Crippen molar-refractivity contribution in [3.05, 3.63) is 288 Å². The van der Waals surface area contributed by atoms with Crippen molar-refractivity contribution in [2.24, 2.45) is 0 Å². The number of aromatic nitrogens is 3. The number of rotatable bonds is 0. The van der Waals surface area contributed by atoms with Crippen LogP contribution in [0.25, 0.3) is 163 Å². The molecular weight excluding hydrogens is 1210 g/mol. The first-order valence-corrected chi connectivity index (χ1v) is 34.9. The molecule has 18 aromatic rings. The summed E-state index contributed by atoms with van der Waals surface area (Å²) in [6, 6.07) is 91.2. The van der Waals surface area contributed by atoms with Crippen molar-refractivity contribution < 1.29 is 27.9 Å². The number of pyridine rings is 3. The Bertz CT molecular complexity index is 6640. The first kappa shape index (κ1) is 55.4. The molecule has 6 heterocycles. The predicted octanol–water partition coefficient (Wildman–Crippen LogP) is 21.7. The zero-order chi connectivity index (χ0) is 65.7. The molecule has 468 valence electrons. The van der Waals surface area contributed by atoms with E-state index in [-0.39, 0.29) is 16.2 Å². The lowest BCUT2D eigenvalue weighted by Gasteiger charge is -2.22. The minimum Gasteiger partial charge on any atom is -0.434 e. The molecule has 3 aliphatic heterocycles. The monoisotopic (exact) mass is 1270 g/mol. The molecule has 0 radical (unpaired) electrons. The Balaban J connectivity index is 0.0000000949. The molecule has 6 heteroatoms. The molecule has 3 aliphatic carbocycles. The summed E-state index contributed by atoms with van der Waals surface area (Å²) in [5, 5.41) is 27.9. The molecule has 0 N–H and O–H groups in total. The van der Waals surface area contributed by atoms with E-state index >= 15 is 0 Å². The van der Waals surface area contributed by atoms with Crippen LogP contribution < -0.4 is 27.9 Å². The van der Waals surface area contributed by atoms with Crippen LogP contribution in [-0.2, 0) is 36.4 Å². The molecule has 99 heavy (non-hydrogen) atoms. The van der Waals surface area contributed by atoms with Crippen molar-refractivity contribution in [3.63, 3.8) is 0 Å². The Labute approximate surface area is 571 Å². The third-order valence-electron chi connectivity index (χ3n) is 23.8. The quantitative estimate of drug-likeness (QED) is 0.0863. The molecular formula is C93H66N3O3+3. The van der Waals surface area contributed by atoms with E-state index in [1.54, 1.807) is 0 Å². The highest BCUT2D eigenvalue weighted by molar-refractivity contribution is 6.18. The lowest BCUT2D eigenvalue weighted by Crippen LogP contribution is -2.43. The van der Waals surface area contributed by atoms with Crippen LogP contribution in [0.15, 0.2) is 255 Å². The fourth-order valence-corrected chi connectivity index (χ4v) is 19.0. The van der Waals surface area contributed by atoms with E-state index in [0.717, 1.165) is 17.2 Å². The van der Waals surface area contributed by atoms with E-state index in [1.165, 1.54) is 197 Å². The lowest BCUT2D eigenvalue weighted by atomic mass is 9.79. The summed E-state index contributed by atoms with van der Waals surface area (Å²) >= 11 is 0. The van der Waals surface area contributed by atoms with Crippen molar-refractivity contribution in [2.45, 2.75) is 78.0 Å². The molecule has 15 aromatic carbocycles. The SMILES string of the molecule is CC1(C)c2cc3ccc4ccccc4c3c3c2-c2c1c1cc4ccccc4cc1c[n+]2CO3.CC1(C)c2cc3ccc4ccccc4c3c3c2-c2c1cc1c4ccccc4ccc1[n+]2CO3.CC1(C)c2cc3ccc4ccccc4c3c3c2-c2c1cc1ccc4ccccc4c1[n+]2CO3. The molecule has 3 aromatic heterocycles. The van der Waals surface area contributed by atoms with Gasteiger partial charge in [0.2, 0.25) is 28.1 Å². The minimum absolute atomic E-state index is 0.0888. The fraction of sp³-hybridized carbons (Fsp3) is 0.129. The van der Waals surface area contributed by atoms with Gasteiger partial charge < -0.3 is 14.2 Å². The molecule has 0 fully saturated rings. The zero-order valence-electron chi connectivity index (χ0n) is 55.9. The van der Waals surface area contributed by atoms with E-state index in [0.29, 0.717) is 20.2 Å². The van der Waals surface area contributed by atoms with E-state index in [9.17, 15) is 0 Å². The molecule has 0 saturated carbocycles. The molecule has 0 spiro atoms. The van der Waals surface area contributed by atoms with Gasteiger partial charge in [0.15, 0.2) is 6.20 Å². The van der Waals surface area contributed by atoms with Crippen LogP contribution in [0.2, 0.25) is 0 Å². The van der Waals surface area contributed by atoms with Crippen molar-refractivity contribution in [2.75, 3.05) is 0 Å². The van der Waals surface area contributed by atoms with E-state index in [4.69, 9.17) is 14.2 Å². The van der Waals surface area contributed by atoms with Crippen molar-refractivity contribution in [1.82, 2.24) is 0 Å². The van der Waals surface area contributed by atoms with Crippen LogP contribution in [0.4, 0.5) is 0 Å². The summed E-state index contributed by atoms with van der Waals surface area (Å²) in [6.07, 6.45) is 2.28. The second-order valence-electron chi connectivity index (χ2n) is 30.0. The van der Waals surface area contributed by atoms with E-state index in [2.05, 4.69) is 310 Å². The zero-order valence-corrected chi connectivity index (χ0v) is 55.9. The smallest absolute Gasteiger partial charge is 0.293 e. The Morgan fingerprint density at radius 2 is 0.657 bits per heavy atom. The minimum atomic E-state index is -0.114. The van der Waals surface area contributed by atoms with Gasteiger partial charge in [-0.3, -0.25) is 0 Å². The Hall–Kier alpha value is -11.7. The lowest BCUT2D eigenvalue weighted by molar-refractivity contribution is -0.716. The third kappa shape index (κ3) is 7.27. The van der Waals surface area contributed by atoms with E-state index in [1.807, 2.05) is 0 Å². The number of fused-ring (bicyclic) bond motifs is 23. The summed E-state index contributed by atoms with van der Waals surface area (Å²) in [4.78, 5) is 0. The van der Waals surface area contributed by atoms with Crippen LogP contribution in [0, 0.1) is 0 Å².